The lowest BCUT2D eigenvalue weighted by Gasteiger charge is -2.20. The van der Waals surface area contributed by atoms with Gasteiger partial charge < -0.3 is 9.64 Å². The zero-order valence-electron chi connectivity index (χ0n) is 7.31. The van der Waals surface area contributed by atoms with Gasteiger partial charge in [-0.15, -0.1) is 0 Å². The molecule has 13 heavy (non-hydrogen) atoms. The van der Waals surface area contributed by atoms with Crippen molar-refractivity contribution >= 4 is 5.69 Å². The van der Waals surface area contributed by atoms with Crippen molar-refractivity contribution in [2.45, 2.75) is 24.6 Å². The predicted octanol–water partition coefficient (Wildman–Crippen LogP) is 1.72. The van der Waals surface area contributed by atoms with E-state index >= 15 is 0 Å². The number of nitrogens with zero attached hydrogens (tertiary/aromatic N) is 1. The fourth-order valence-electron chi connectivity index (χ4n) is 2.96. The van der Waals surface area contributed by atoms with Gasteiger partial charge in [0.2, 0.25) is 0 Å². The molecule has 0 aliphatic carbocycles. The summed E-state index contributed by atoms with van der Waals surface area (Å²) in [6, 6.07) is 9.45. The first-order valence-electron chi connectivity index (χ1n) is 4.96. The van der Waals surface area contributed by atoms with Crippen LogP contribution in [0.1, 0.15) is 17.9 Å². The Morgan fingerprint density at radius 1 is 1.31 bits per heavy atom. The van der Waals surface area contributed by atoms with Crippen molar-refractivity contribution in [2.24, 2.45) is 0 Å². The van der Waals surface area contributed by atoms with Crippen LogP contribution in [0.3, 0.4) is 0 Å². The van der Waals surface area contributed by atoms with Crippen LogP contribution in [-0.2, 0) is 4.74 Å². The highest BCUT2D eigenvalue weighted by Crippen LogP contribution is 2.57. The second-order valence-electron chi connectivity index (χ2n) is 4.11. The van der Waals surface area contributed by atoms with Crippen LogP contribution in [0.4, 0.5) is 5.69 Å². The Labute approximate surface area is 77.1 Å². The molecule has 0 bridgehead atoms. The molecular formula is C11H11NO. The molecule has 0 saturated carbocycles. The van der Waals surface area contributed by atoms with Crippen LogP contribution in [0.15, 0.2) is 24.3 Å². The summed E-state index contributed by atoms with van der Waals surface area (Å²) in [5, 5.41) is 0. The fourth-order valence-corrected chi connectivity index (χ4v) is 2.96. The van der Waals surface area contributed by atoms with E-state index in [-0.39, 0.29) is 0 Å². The smallest absolute Gasteiger partial charge is 0.151 e. The quantitative estimate of drug-likeness (QED) is 0.554. The van der Waals surface area contributed by atoms with Crippen molar-refractivity contribution in [1.82, 2.24) is 0 Å². The minimum Gasteiger partial charge on any atom is -0.356 e. The van der Waals surface area contributed by atoms with Crippen molar-refractivity contribution < 1.29 is 4.74 Å². The Balaban J connectivity index is 1.93. The minimum atomic E-state index is 0.425. The molecule has 3 atom stereocenters. The zero-order chi connectivity index (χ0) is 8.41. The Morgan fingerprint density at radius 3 is 3.23 bits per heavy atom. The van der Waals surface area contributed by atoms with Gasteiger partial charge in [-0.25, -0.2) is 0 Å². The lowest BCUT2D eigenvalue weighted by molar-refractivity contribution is 0.0808. The second kappa shape index (κ2) is 1.90. The molecule has 3 unspecified atom stereocenters. The number of anilines is 1. The van der Waals surface area contributed by atoms with Crippen LogP contribution in [0.25, 0.3) is 0 Å². The average molecular weight is 173 g/mol. The molecule has 1 aromatic carbocycles. The van der Waals surface area contributed by atoms with Gasteiger partial charge in [-0.05, 0) is 18.1 Å². The van der Waals surface area contributed by atoms with Crippen LogP contribution in [0.5, 0.6) is 0 Å². The SMILES string of the molecule is c1ccc2c(c1)C1CCOC3C1N23. The molecule has 0 N–H and O–H groups in total. The molecule has 2 nitrogen and oxygen atoms in total. The van der Waals surface area contributed by atoms with Crippen LogP contribution in [0.2, 0.25) is 0 Å². The molecule has 3 aliphatic heterocycles. The molecule has 2 heteroatoms. The van der Waals surface area contributed by atoms with E-state index in [2.05, 4.69) is 29.2 Å². The van der Waals surface area contributed by atoms with E-state index in [4.69, 9.17) is 4.74 Å². The number of para-hydroxylation sites is 1. The van der Waals surface area contributed by atoms with Gasteiger partial charge in [-0.3, -0.25) is 0 Å². The maximum Gasteiger partial charge on any atom is 0.151 e. The molecule has 2 saturated heterocycles. The van der Waals surface area contributed by atoms with Crippen molar-refractivity contribution in [3.05, 3.63) is 29.8 Å². The Kier molecular flexibility index (Phi) is 0.942. The van der Waals surface area contributed by atoms with E-state index < -0.39 is 0 Å². The number of hydrogen-bond acceptors (Lipinski definition) is 2. The lowest BCUT2D eigenvalue weighted by atomic mass is 9.92. The summed E-state index contributed by atoms with van der Waals surface area (Å²) in [7, 11) is 0. The molecule has 3 aliphatic rings. The number of fused-ring (bicyclic) bond motifs is 4. The van der Waals surface area contributed by atoms with Crippen molar-refractivity contribution in [3.8, 4) is 0 Å². The van der Waals surface area contributed by atoms with Crippen LogP contribution in [-0.4, -0.2) is 18.9 Å². The summed E-state index contributed by atoms with van der Waals surface area (Å²) >= 11 is 0. The molecule has 0 radical (unpaired) electrons. The fraction of sp³-hybridized carbons (Fsp3) is 0.455. The summed E-state index contributed by atoms with van der Waals surface area (Å²) in [5.74, 6) is 0.759. The molecular weight excluding hydrogens is 162 g/mol. The van der Waals surface area contributed by atoms with Crippen molar-refractivity contribution in [3.63, 3.8) is 0 Å². The minimum absolute atomic E-state index is 0.425. The Bertz CT molecular complexity index is 361. The lowest BCUT2D eigenvalue weighted by Crippen LogP contribution is -2.19. The van der Waals surface area contributed by atoms with E-state index in [0.29, 0.717) is 12.3 Å². The molecule has 0 amide bonds. The van der Waals surface area contributed by atoms with E-state index in [9.17, 15) is 0 Å². The second-order valence-corrected chi connectivity index (χ2v) is 4.11. The third kappa shape index (κ3) is 0.614. The van der Waals surface area contributed by atoms with E-state index in [1.54, 1.807) is 5.56 Å². The zero-order valence-corrected chi connectivity index (χ0v) is 7.31. The third-order valence-corrected chi connectivity index (χ3v) is 3.54. The molecule has 4 rings (SSSR count). The van der Waals surface area contributed by atoms with E-state index in [0.717, 1.165) is 12.5 Å². The number of benzene rings is 1. The first-order chi connectivity index (χ1) is 6.47. The van der Waals surface area contributed by atoms with Gasteiger partial charge in [0.1, 0.15) is 0 Å². The summed E-state index contributed by atoms with van der Waals surface area (Å²) < 4.78 is 5.67. The van der Waals surface area contributed by atoms with Crippen LogP contribution in [0, 0.1) is 0 Å². The van der Waals surface area contributed by atoms with Gasteiger partial charge in [0.05, 0.1) is 6.04 Å². The molecule has 3 heterocycles. The largest absolute Gasteiger partial charge is 0.356 e. The maximum absolute atomic E-state index is 5.67. The summed E-state index contributed by atoms with van der Waals surface area (Å²) in [6.07, 6.45) is 1.63. The monoisotopic (exact) mass is 173 g/mol. The molecule has 0 aromatic heterocycles. The highest BCUT2D eigenvalue weighted by Gasteiger charge is 2.61. The Morgan fingerprint density at radius 2 is 2.23 bits per heavy atom. The first-order valence-corrected chi connectivity index (χ1v) is 4.96. The van der Waals surface area contributed by atoms with Gasteiger partial charge in [0.25, 0.3) is 0 Å². The van der Waals surface area contributed by atoms with Crippen molar-refractivity contribution in [1.29, 1.82) is 0 Å². The molecule has 1 aromatic rings. The summed E-state index contributed by atoms with van der Waals surface area (Å²) in [5.41, 5.74) is 2.97. The molecule has 0 spiro atoms. The maximum atomic E-state index is 5.67. The number of rotatable bonds is 0. The van der Waals surface area contributed by atoms with Gasteiger partial charge in [0.15, 0.2) is 6.23 Å². The molecule has 2 fully saturated rings. The number of ether oxygens (including phenoxy) is 1. The Hall–Kier alpha value is -1.02. The summed E-state index contributed by atoms with van der Waals surface area (Å²) in [6.45, 7) is 0.941. The van der Waals surface area contributed by atoms with Gasteiger partial charge in [-0.2, -0.15) is 0 Å². The third-order valence-electron chi connectivity index (χ3n) is 3.54. The number of hydrogen-bond donors (Lipinski definition) is 0. The normalized spacial score (nSPS) is 38.5. The van der Waals surface area contributed by atoms with Gasteiger partial charge >= 0.3 is 0 Å². The van der Waals surface area contributed by atoms with Gasteiger partial charge in [0, 0.05) is 18.2 Å². The van der Waals surface area contributed by atoms with Gasteiger partial charge in [-0.1, -0.05) is 18.2 Å². The molecule has 66 valence electrons. The van der Waals surface area contributed by atoms with Crippen LogP contribution >= 0.6 is 0 Å². The van der Waals surface area contributed by atoms with Crippen molar-refractivity contribution in [2.75, 3.05) is 11.5 Å². The topological polar surface area (TPSA) is 12.2 Å². The highest BCUT2D eigenvalue weighted by atomic mass is 16.5. The highest BCUT2D eigenvalue weighted by molar-refractivity contribution is 5.69. The standard InChI is InChI=1S/C11H11NO/c1-2-4-9-7(3-1)8-5-6-13-11-10(8)12(9)11/h1-4,8,10-11H,5-6H2. The average Bonchev–Trinajstić information content (AvgIpc) is 2.80. The first kappa shape index (κ1) is 6.44. The van der Waals surface area contributed by atoms with E-state index in [1.165, 1.54) is 12.1 Å². The predicted molar refractivity (Wildman–Crippen MR) is 49.8 cm³/mol. The van der Waals surface area contributed by atoms with Crippen LogP contribution < -0.4 is 4.90 Å². The van der Waals surface area contributed by atoms with E-state index in [1.807, 2.05) is 0 Å². The summed E-state index contributed by atoms with van der Waals surface area (Å²) in [4.78, 5) is 2.42.